The van der Waals surface area contributed by atoms with E-state index >= 15 is 0 Å². The summed E-state index contributed by atoms with van der Waals surface area (Å²) < 4.78 is 0. The van der Waals surface area contributed by atoms with Gasteiger partial charge in [-0.15, -0.1) is 0 Å². The molecule has 0 radical (unpaired) electrons. The Bertz CT molecular complexity index is 417. The third kappa shape index (κ3) is 2.51. The first-order valence-electron chi connectivity index (χ1n) is 8.72. The summed E-state index contributed by atoms with van der Waals surface area (Å²) in [5, 5.41) is 42.2. The van der Waals surface area contributed by atoms with Crippen LogP contribution in [-0.2, 0) is 0 Å². The van der Waals surface area contributed by atoms with E-state index in [1.807, 2.05) is 0 Å². The smallest absolute Gasteiger partial charge is 0.0990 e. The number of nitrogens with zero attached hydrogens (tertiary/aromatic N) is 1. The van der Waals surface area contributed by atoms with Crippen molar-refractivity contribution in [2.75, 3.05) is 20.6 Å². The summed E-state index contributed by atoms with van der Waals surface area (Å²) in [7, 11) is 4.14. The highest BCUT2D eigenvalue weighted by Crippen LogP contribution is 2.60. The van der Waals surface area contributed by atoms with E-state index < -0.39 is 23.4 Å². The van der Waals surface area contributed by atoms with E-state index in [-0.39, 0.29) is 18.8 Å². The zero-order valence-corrected chi connectivity index (χ0v) is 13.8. The van der Waals surface area contributed by atoms with Gasteiger partial charge in [0.25, 0.3) is 0 Å². The molecule has 7 atom stereocenters. The Morgan fingerprint density at radius 1 is 1.00 bits per heavy atom. The van der Waals surface area contributed by atoms with E-state index in [0.29, 0.717) is 18.3 Å². The zero-order chi connectivity index (χ0) is 16.1. The van der Waals surface area contributed by atoms with Gasteiger partial charge in [0.1, 0.15) is 0 Å². The van der Waals surface area contributed by atoms with Crippen molar-refractivity contribution in [1.29, 1.82) is 0 Å². The van der Waals surface area contributed by atoms with Gasteiger partial charge in [0.15, 0.2) is 0 Å². The predicted octanol–water partition coefficient (Wildman–Crippen LogP) is 0.352. The molecule has 128 valence electrons. The monoisotopic (exact) mass is 313 g/mol. The standard InChI is InChI=1S/C17H31NO4/c1-18(2)7-6-11-4-3-5-13-12(11)8-16(21)9-14(19)15(20)10-17(13,16)22/h11-15,19-22H,3-10H2,1-2H3. The second-order valence-corrected chi connectivity index (χ2v) is 8.26. The summed E-state index contributed by atoms with van der Waals surface area (Å²) in [5.74, 6) is 0.885. The number of rotatable bonds is 3. The van der Waals surface area contributed by atoms with E-state index in [0.717, 1.165) is 32.2 Å². The van der Waals surface area contributed by atoms with Crippen LogP contribution in [0.5, 0.6) is 0 Å². The number of hydrogen-bond acceptors (Lipinski definition) is 5. The number of aliphatic hydroxyl groups excluding tert-OH is 2. The molecule has 5 heteroatoms. The van der Waals surface area contributed by atoms with Crippen molar-refractivity contribution in [3.63, 3.8) is 0 Å². The second-order valence-electron chi connectivity index (χ2n) is 8.26. The maximum absolute atomic E-state index is 11.2. The minimum Gasteiger partial charge on any atom is -0.390 e. The largest absolute Gasteiger partial charge is 0.390 e. The van der Waals surface area contributed by atoms with Crippen LogP contribution in [0.1, 0.15) is 44.9 Å². The number of hydrogen-bond donors (Lipinski definition) is 4. The van der Waals surface area contributed by atoms with Gasteiger partial charge in [-0.2, -0.15) is 0 Å². The Kier molecular flexibility index (Phi) is 4.32. The van der Waals surface area contributed by atoms with Crippen LogP contribution < -0.4 is 0 Å². The third-order valence-electron chi connectivity index (χ3n) is 6.66. The fourth-order valence-corrected chi connectivity index (χ4v) is 5.49. The first kappa shape index (κ1) is 16.7. The number of fused-ring (bicyclic) bond motifs is 3. The van der Waals surface area contributed by atoms with Crippen LogP contribution in [-0.4, -0.2) is 69.4 Å². The van der Waals surface area contributed by atoms with Gasteiger partial charge in [-0.3, -0.25) is 0 Å². The quantitative estimate of drug-likeness (QED) is 0.604. The zero-order valence-electron chi connectivity index (χ0n) is 13.8. The normalized spacial score (nSPS) is 51.7. The van der Waals surface area contributed by atoms with Crippen molar-refractivity contribution in [2.24, 2.45) is 17.8 Å². The molecular weight excluding hydrogens is 282 g/mol. The molecule has 3 aliphatic rings. The second kappa shape index (κ2) is 5.71. The highest BCUT2D eigenvalue weighted by molar-refractivity contribution is 5.18. The van der Waals surface area contributed by atoms with Gasteiger partial charge in [0.2, 0.25) is 0 Å². The topological polar surface area (TPSA) is 84.2 Å². The van der Waals surface area contributed by atoms with Crippen LogP contribution in [0.25, 0.3) is 0 Å². The molecule has 0 aromatic carbocycles. The maximum Gasteiger partial charge on any atom is 0.0990 e. The molecule has 0 saturated heterocycles. The Hall–Kier alpha value is -0.200. The fourth-order valence-electron chi connectivity index (χ4n) is 5.49. The molecule has 0 spiro atoms. The molecule has 0 aliphatic heterocycles. The Labute approximate surface area is 132 Å². The summed E-state index contributed by atoms with van der Waals surface area (Å²) in [6, 6.07) is 0. The number of aliphatic hydroxyl groups is 4. The van der Waals surface area contributed by atoms with Crippen molar-refractivity contribution in [3.8, 4) is 0 Å². The molecule has 4 N–H and O–H groups in total. The minimum atomic E-state index is -1.23. The van der Waals surface area contributed by atoms with E-state index in [2.05, 4.69) is 19.0 Å². The molecule has 22 heavy (non-hydrogen) atoms. The van der Waals surface area contributed by atoms with Crippen molar-refractivity contribution in [2.45, 2.75) is 68.4 Å². The van der Waals surface area contributed by atoms with Crippen molar-refractivity contribution in [3.05, 3.63) is 0 Å². The molecule has 0 heterocycles. The van der Waals surface area contributed by atoms with Gasteiger partial charge in [-0.1, -0.05) is 12.8 Å². The van der Waals surface area contributed by atoms with Gasteiger partial charge in [0.05, 0.1) is 23.4 Å². The van der Waals surface area contributed by atoms with Gasteiger partial charge < -0.3 is 25.3 Å². The molecule has 5 nitrogen and oxygen atoms in total. The van der Waals surface area contributed by atoms with Crippen LogP contribution in [0.4, 0.5) is 0 Å². The van der Waals surface area contributed by atoms with Crippen LogP contribution in [0.15, 0.2) is 0 Å². The molecule has 3 aliphatic carbocycles. The van der Waals surface area contributed by atoms with E-state index in [1.54, 1.807) is 0 Å². The summed E-state index contributed by atoms with van der Waals surface area (Å²) in [5.41, 5.74) is -2.46. The third-order valence-corrected chi connectivity index (χ3v) is 6.66. The Balaban J connectivity index is 1.82. The molecule has 0 aromatic heterocycles. The first-order chi connectivity index (χ1) is 10.3. The SMILES string of the molecule is CN(C)CCC1CCCC2C1CC1(O)CC(O)C(O)CC21O. The summed E-state index contributed by atoms with van der Waals surface area (Å²) in [4.78, 5) is 2.18. The lowest BCUT2D eigenvalue weighted by Gasteiger charge is -2.49. The molecule has 0 amide bonds. The maximum atomic E-state index is 11.2. The van der Waals surface area contributed by atoms with Crippen LogP contribution in [0.3, 0.4) is 0 Å². The summed E-state index contributed by atoms with van der Waals surface area (Å²) in [6.07, 6.45) is 3.16. The molecule has 0 bridgehead atoms. The van der Waals surface area contributed by atoms with Crippen LogP contribution in [0, 0.1) is 17.8 Å². The van der Waals surface area contributed by atoms with Crippen molar-refractivity contribution in [1.82, 2.24) is 4.90 Å². The van der Waals surface area contributed by atoms with Crippen LogP contribution >= 0.6 is 0 Å². The molecule has 0 aromatic rings. The van der Waals surface area contributed by atoms with E-state index in [1.165, 1.54) is 0 Å². The molecule has 3 saturated carbocycles. The molecular formula is C17H31NO4. The predicted molar refractivity (Wildman–Crippen MR) is 83.3 cm³/mol. The fraction of sp³-hybridized carbons (Fsp3) is 1.00. The van der Waals surface area contributed by atoms with E-state index in [4.69, 9.17) is 0 Å². The molecule has 3 fully saturated rings. The lowest BCUT2D eigenvalue weighted by atomic mass is 9.64. The highest BCUT2D eigenvalue weighted by atomic mass is 16.4. The van der Waals surface area contributed by atoms with Gasteiger partial charge in [0, 0.05) is 12.8 Å². The van der Waals surface area contributed by atoms with Crippen LogP contribution in [0.2, 0.25) is 0 Å². The Morgan fingerprint density at radius 2 is 1.68 bits per heavy atom. The lowest BCUT2D eigenvalue weighted by molar-refractivity contribution is -0.221. The first-order valence-corrected chi connectivity index (χ1v) is 8.72. The van der Waals surface area contributed by atoms with Crippen molar-refractivity contribution < 1.29 is 20.4 Å². The molecule has 7 unspecified atom stereocenters. The van der Waals surface area contributed by atoms with Gasteiger partial charge in [-0.05, 0) is 57.7 Å². The van der Waals surface area contributed by atoms with Crippen molar-refractivity contribution >= 4 is 0 Å². The average Bonchev–Trinajstić information content (AvgIpc) is 2.65. The molecule has 3 rings (SSSR count). The van der Waals surface area contributed by atoms with Gasteiger partial charge in [-0.25, -0.2) is 0 Å². The van der Waals surface area contributed by atoms with Gasteiger partial charge >= 0.3 is 0 Å². The summed E-state index contributed by atoms with van der Waals surface area (Å²) >= 11 is 0. The minimum absolute atomic E-state index is 0.0561. The average molecular weight is 313 g/mol. The van der Waals surface area contributed by atoms with E-state index in [9.17, 15) is 20.4 Å². The Morgan fingerprint density at radius 3 is 2.36 bits per heavy atom. The lowest BCUT2D eigenvalue weighted by Crippen LogP contribution is -2.62. The highest BCUT2D eigenvalue weighted by Gasteiger charge is 2.67. The summed E-state index contributed by atoms with van der Waals surface area (Å²) in [6.45, 7) is 1.02.